The molecule has 0 radical (unpaired) electrons. The van der Waals surface area contributed by atoms with Crippen LogP contribution in [0.5, 0.6) is 0 Å². The van der Waals surface area contributed by atoms with Crippen molar-refractivity contribution in [1.82, 2.24) is 0 Å². The molecule has 1 aliphatic carbocycles. The molecule has 3 nitrogen and oxygen atoms in total. The molecule has 0 bridgehead atoms. The Morgan fingerprint density at radius 3 is 2.42 bits per heavy atom. The van der Waals surface area contributed by atoms with Gasteiger partial charge in [0.05, 0.1) is 5.75 Å². The number of hydrogen-bond acceptors (Lipinski definition) is 3. The number of benzene rings is 1. The number of rotatable bonds is 3. The topological polar surface area (TPSA) is 51.2 Å². The third kappa shape index (κ3) is 3.90. The van der Waals surface area contributed by atoms with Gasteiger partial charge in [-0.25, -0.2) is 8.42 Å². The van der Waals surface area contributed by atoms with Crippen LogP contribution >= 0.6 is 0 Å². The first kappa shape index (κ1) is 14.3. The van der Waals surface area contributed by atoms with E-state index < -0.39 is 15.1 Å². The van der Waals surface area contributed by atoms with Gasteiger partial charge in [-0.2, -0.15) is 0 Å². The highest BCUT2D eigenvalue weighted by Crippen LogP contribution is 2.22. The van der Waals surface area contributed by atoms with Crippen molar-refractivity contribution in [3.8, 4) is 0 Å². The molecule has 0 aliphatic heterocycles. The van der Waals surface area contributed by atoms with Gasteiger partial charge in [-0.3, -0.25) is 4.79 Å². The highest BCUT2D eigenvalue weighted by molar-refractivity contribution is 7.92. The zero-order valence-corrected chi connectivity index (χ0v) is 11.9. The lowest BCUT2D eigenvalue weighted by Crippen LogP contribution is -2.32. The molecule has 2 rings (SSSR count). The molecule has 1 unspecified atom stereocenters. The molecule has 4 heteroatoms. The molecule has 1 fully saturated rings. The summed E-state index contributed by atoms with van der Waals surface area (Å²) in [5, 5.41) is -0.784. The van der Waals surface area contributed by atoms with Crippen molar-refractivity contribution in [2.75, 3.05) is 0 Å². The Hall–Kier alpha value is -1.16. The van der Waals surface area contributed by atoms with E-state index >= 15 is 0 Å². The summed E-state index contributed by atoms with van der Waals surface area (Å²) in [5.74, 6) is -0.111. The maximum absolute atomic E-state index is 12.4. The van der Waals surface area contributed by atoms with Crippen LogP contribution in [-0.2, 0) is 20.4 Å². The van der Waals surface area contributed by atoms with E-state index in [0.717, 1.165) is 31.2 Å². The van der Waals surface area contributed by atoms with E-state index in [1.54, 1.807) is 12.1 Å². The van der Waals surface area contributed by atoms with Crippen LogP contribution in [0, 0.1) is 0 Å². The molecule has 0 spiro atoms. The molecule has 0 saturated heterocycles. The predicted molar refractivity (Wildman–Crippen MR) is 75.6 cm³/mol. The molecule has 1 aliphatic rings. The van der Waals surface area contributed by atoms with Crippen LogP contribution in [0.4, 0.5) is 0 Å². The Balaban J connectivity index is 2.15. The van der Waals surface area contributed by atoms with E-state index in [-0.39, 0.29) is 11.5 Å². The Kier molecular flexibility index (Phi) is 4.75. The number of hydrogen-bond donors (Lipinski definition) is 0. The first-order chi connectivity index (χ1) is 9.09. The summed E-state index contributed by atoms with van der Waals surface area (Å²) in [4.78, 5) is 12.0. The Morgan fingerprint density at radius 1 is 1.00 bits per heavy atom. The van der Waals surface area contributed by atoms with E-state index in [0.29, 0.717) is 12.8 Å². The summed E-state index contributed by atoms with van der Waals surface area (Å²) in [5.41, 5.74) is 0.761. The first-order valence-electron chi connectivity index (χ1n) is 6.88. The van der Waals surface area contributed by atoms with Crippen LogP contribution in [-0.4, -0.2) is 19.5 Å². The van der Waals surface area contributed by atoms with E-state index in [1.807, 2.05) is 18.2 Å². The summed E-state index contributed by atoms with van der Waals surface area (Å²) in [6.07, 6.45) is 4.65. The molecule has 1 atom stereocenters. The second-order valence-corrected chi connectivity index (χ2v) is 7.38. The van der Waals surface area contributed by atoms with Crippen molar-refractivity contribution in [3.05, 3.63) is 35.9 Å². The summed E-state index contributed by atoms with van der Waals surface area (Å²) in [7, 11) is -3.37. The third-order valence-electron chi connectivity index (χ3n) is 3.64. The second-order valence-electron chi connectivity index (χ2n) is 5.20. The summed E-state index contributed by atoms with van der Waals surface area (Å²) >= 11 is 0. The predicted octanol–water partition coefficient (Wildman–Crippen LogP) is 2.89. The third-order valence-corrected chi connectivity index (χ3v) is 5.74. The first-order valence-corrected chi connectivity index (χ1v) is 8.59. The van der Waals surface area contributed by atoms with Gasteiger partial charge in [-0.15, -0.1) is 0 Å². The largest absolute Gasteiger partial charge is 0.298 e. The van der Waals surface area contributed by atoms with Crippen LogP contribution in [0.15, 0.2) is 30.3 Å². The van der Waals surface area contributed by atoms with Gasteiger partial charge in [0, 0.05) is 6.42 Å². The van der Waals surface area contributed by atoms with E-state index in [4.69, 9.17) is 0 Å². The monoisotopic (exact) mass is 280 g/mol. The fourth-order valence-corrected chi connectivity index (χ4v) is 4.49. The standard InChI is InChI=1S/C15H20O3S/c16-14-10-6-1-2-7-11-15(14)19(17,18)12-13-8-4-3-5-9-13/h3-5,8-9,15H,1-2,6-7,10-12H2. The van der Waals surface area contributed by atoms with Crippen LogP contribution < -0.4 is 0 Å². The van der Waals surface area contributed by atoms with E-state index in [1.165, 1.54) is 0 Å². The van der Waals surface area contributed by atoms with Crippen molar-refractivity contribution >= 4 is 15.6 Å². The number of carbonyl (C=O) groups is 1. The van der Waals surface area contributed by atoms with Crippen LogP contribution in [0.25, 0.3) is 0 Å². The van der Waals surface area contributed by atoms with Gasteiger partial charge >= 0.3 is 0 Å². The maximum atomic E-state index is 12.4. The minimum absolute atomic E-state index is 0.0236. The number of sulfone groups is 1. The zero-order valence-electron chi connectivity index (χ0n) is 11.0. The fourth-order valence-electron chi connectivity index (χ4n) is 2.59. The highest BCUT2D eigenvalue weighted by Gasteiger charge is 2.32. The molecule has 0 heterocycles. The van der Waals surface area contributed by atoms with Gasteiger partial charge in [0.15, 0.2) is 15.6 Å². The van der Waals surface area contributed by atoms with Crippen molar-refractivity contribution in [3.63, 3.8) is 0 Å². The van der Waals surface area contributed by atoms with Gasteiger partial charge in [0.2, 0.25) is 0 Å². The van der Waals surface area contributed by atoms with Crippen molar-refractivity contribution in [2.45, 2.75) is 49.5 Å². The Morgan fingerprint density at radius 2 is 1.68 bits per heavy atom. The quantitative estimate of drug-likeness (QED) is 0.855. The second kappa shape index (κ2) is 6.33. The molecular weight excluding hydrogens is 260 g/mol. The molecule has 0 aromatic heterocycles. The molecule has 0 amide bonds. The van der Waals surface area contributed by atoms with E-state index in [2.05, 4.69) is 0 Å². The average Bonchev–Trinajstić information content (AvgIpc) is 2.34. The molecular formula is C15H20O3S. The summed E-state index contributed by atoms with van der Waals surface area (Å²) in [6, 6.07) is 9.10. The number of ketones is 1. The normalized spacial score (nSPS) is 21.7. The van der Waals surface area contributed by atoms with Gasteiger partial charge in [0.1, 0.15) is 5.25 Å². The number of carbonyl (C=O) groups excluding carboxylic acids is 1. The van der Waals surface area contributed by atoms with Gasteiger partial charge < -0.3 is 0 Å². The van der Waals surface area contributed by atoms with Crippen molar-refractivity contribution in [1.29, 1.82) is 0 Å². The van der Waals surface area contributed by atoms with Gasteiger partial charge in [0.25, 0.3) is 0 Å². The van der Waals surface area contributed by atoms with Gasteiger partial charge in [-0.1, -0.05) is 49.6 Å². The number of Topliss-reactive ketones (excluding diaryl/α,β-unsaturated/α-hetero) is 1. The Labute approximate surface area is 114 Å². The molecule has 1 aromatic rings. The SMILES string of the molecule is O=C1CCCCCCC1S(=O)(=O)Cc1ccccc1. The van der Waals surface area contributed by atoms with Crippen LogP contribution in [0.1, 0.15) is 44.1 Å². The van der Waals surface area contributed by atoms with Crippen LogP contribution in [0.2, 0.25) is 0 Å². The van der Waals surface area contributed by atoms with Gasteiger partial charge in [-0.05, 0) is 18.4 Å². The maximum Gasteiger partial charge on any atom is 0.164 e. The lowest BCUT2D eigenvalue weighted by Gasteiger charge is -2.19. The van der Waals surface area contributed by atoms with Crippen LogP contribution in [0.3, 0.4) is 0 Å². The zero-order chi connectivity index (χ0) is 13.7. The lowest BCUT2D eigenvalue weighted by atomic mass is 9.99. The summed E-state index contributed by atoms with van der Waals surface area (Å²) < 4.78 is 24.8. The minimum Gasteiger partial charge on any atom is -0.298 e. The molecule has 104 valence electrons. The fraction of sp³-hybridized carbons (Fsp3) is 0.533. The highest BCUT2D eigenvalue weighted by atomic mass is 32.2. The Bertz CT molecular complexity index is 520. The summed E-state index contributed by atoms with van der Waals surface area (Å²) in [6.45, 7) is 0. The smallest absolute Gasteiger partial charge is 0.164 e. The molecule has 19 heavy (non-hydrogen) atoms. The molecule has 1 aromatic carbocycles. The molecule has 0 N–H and O–H groups in total. The van der Waals surface area contributed by atoms with Crippen molar-refractivity contribution in [2.24, 2.45) is 0 Å². The minimum atomic E-state index is -3.37. The van der Waals surface area contributed by atoms with Crippen molar-refractivity contribution < 1.29 is 13.2 Å². The van der Waals surface area contributed by atoms with E-state index in [9.17, 15) is 13.2 Å². The lowest BCUT2D eigenvalue weighted by molar-refractivity contribution is -0.119. The average molecular weight is 280 g/mol. The molecule has 1 saturated carbocycles.